The maximum atomic E-state index is 3.25. The van der Waals surface area contributed by atoms with Crippen LogP contribution in [0.5, 0.6) is 0 Å². The SMILES string of the molecule is [CH2-]C.[CH2-]C.[K+].[NH2-]. The molecule has 0 unspecified atom stereocenters. The molecule has 0 aliphatic heterocycles. The van der Waals surface area contributed by atoms with E-state index >= 15 is 0 Å². The van der Waals surface area contributed by atoms with Crippen LogP contribution in [0, 0.1) is 13.8 Å². The molecular weight excluding hydrogens is 101 g/mol. The van der Waals surface area contributed by atoms with Gasteiger partial charge in [0, 0.05) is 0 Å². The summed E-state index contributed by atoms with van der Waals surface area (Å²) in [7, 11) is 0. The summed E-state index contributed by atoms with van der Waals surface area (Å²) in [6, 6.07) is 0. The molecule has 0 rings (SSSR count). The smallest absolute Gasteiger partial charge is 0.693 e. The van der Waals surface area contributed by atoms with Crippen molar-refractivity contribution in [2.24, 2.45) is 0 Å². The Bertz CT molecular complexity index is 7.51. The van der Waals surface area contributed by atoms with Gasteiger partial charge in [-0.1, -0.05) is 0 Å². The van der Waals surface area contributed by atoms with Crippen LogP contribution in [0.1, 0.15) is 13.8 Å². The Hall–Kier alpha value is 1.60. The van der Waals surface area contributed by atoms with Gasteiger partial charge in [0.15, 0.2) is 0 Å². The maximum Gasteiger partial charge on any atom is 1.00 e. The molecule has 0 bridgehead atoms. The predicted molar refractivity (Wildman–Crippen MR) is 27.3 cm³/mol. The van der Waals surface area contributed by atoms with Crippen molar-refractivity contribution in [1.29, 1.82) is 0 Å². The van der Waals surface area contributed by atoms with Crippen LogP contribution in [0.4, 0.5) is 0 Å². The summed E-state index contributed by atoms with van der Waals surface area (Å²) in [5.41, 5.74) is 0. The van der Waals surface area contributed by atoms with Gasteiger partial charge in [-0.15, -0.1) is 0 Å². The van der Waals surface area contributed by atoms with Gasteiger partial charge in [-0.3, -0.25) is 0 Å². The normalized spacial score (nSPS) is 2.00. The van der Waals surface area contributed by atoms with Crippen LogP contribution in [0.2, 0.25) is 0 Å². The Morgan fingerprint density at radius 1 is 0.833 bits per heavy atom. The fraction of sp³-hybridized carbons (Fsp3) is 0.500. The van der Waals surface area contributed by atoms with Gasteiger partial charge < -0.3 is 20.0 Å². The first-order chi connectivity index (χ1) is 2.00. The minimum Gasteiger partial charge on any atom is -0.693 e. The van der Waals surface area contributed by atoms with Crippen molar-refractivity contribution in [1.82, 2.24) is 0 Å². The van der Waals surface area contributed by atoms with E-state index in [4.69, 9.17) is 0 Å². The quantitative estimate of drug-likeness (QED) is 0.297. The van der Waals surface area contributed by atoms with Crippen LogP contribution in [-0.2, 0) is 0 Å². The van der Waals surface area contributed by atoms with Crippen LogP contribution >= 0.6 is 0 Å². The average molecular weight is 113 g/mol. The van der Waals surface area contributed by atoms with Crippen molar-refractivity contribution in [3.8, 4) is 0 Å². The Kier molecular flexibility index (Phi) is 345. The van der Waals surface area contributed by atoms with Gasteiger partial charge in [-0.05, 0) is 0 Å². The molecule has 0 aromatic heterocycles. The molecule has 6 heavy (non-hydrogen) atoms. The van der Waals surface area contributed by atoms with E-state index in [1.54, 1.807) is 13.8 Å². The van der Waals surface area contributed by atoms with Gasteiger partial charge in [0.1, 0.15) is 0 Å². The predicted octanol–water partition coefficient (Wildman–Crippen LogP) is -0.598. The molecule has 0 atom stereocenters. The van der Waals surface area contributed by atoms with Gasteiger partial charge in [0.25, 0.3) is 0 Å². The first-order valence-electron chi connectivity index (χ1n) is 1.41. The monoisotopic (exact) mass is 113 g/mol. The van der Waals surface area contributed by atoms with E-state index in [1.807, 2.05) is 0 Å². The van der Waals surface area contributed by atoms with E-state index in [1.165, 1.54) is 0 Å². The second-order valence-corrected chi connectivity index (χ2v) is 0. The fourth-order valence-electron chi connectivity index (χ4n) is 0. The van der Waals surface area contributed by atoms with Gasteiger partial charge in [-0.25, -0.2) is 0 Å². The summed E-state index contributed by atoms with van der Waals surface area (Å²) < 4.78 is 0. The third kappa shape index (κ3) is 46.4. The Balaban J connectivity index is -0.00000000500. The molecule has 0 heterocycles. The summed E-state index contributed by atoms with van der Waals surface area (Å²) in [5.74, 6) is 0. The number of hydrogen-bond acceptors (Lipinski definition) is 0. The van der Waals surface area contributed by atoms with Crippen LogP contribution in [-0.4, -0.2) is 0 Å². The molecule has 2 N–H and O–H groups in total. The second-order valence-electron chi connectivity index (χ2n) is 0. The molecule has 0 aliphatic carbocycles. The fourth-order valence-corrected chi connectivity index (χ4v) is 0. The summed E-state index contributed by atoms with van der Waals surface area (Å²) in [4.78, 5) is 0. The Morgan fingerprint density at radius 2 is 0.833 bits per heavy atom. The van der Waals surface area contributed by atoms with Gasteiger partial charge in [-0.2, -0.15) is 13.8 Å². The van der Waals surface area contributed by atoms with Crippen LogP contribution < -0.4 is 51.4 Å². The summed E-state index contributed by atoms with van der Waals surface area (Å²) in [6.45, 7) is 10.0. The molecule has 0 radical (unpaired) electrons. The van der Waals surface area contributed by atoms with Crippen LogP contribution in [0.15, 0.2) is 0 Å². The van der Waals surface area contributed by atoms with Crippen molar-refractivity contribution in [2.75, 3.05) is 0 Å². The third-order valence-electron chi connectivity index (χ3n) is 0. The van der Waals surface area contributed by atoms with Gasteiger partial charge in [0.05, 0.1) is 0 Å². The molecule has 0 spiro atoms. The molecule has 0 aromatic carbocycles. The zero-order chi connectivity index (χ0) is 4.00. The zero-order valence-electron chi connectivity index (χ0n) is 4.99. The zero-order valence-corrected chi connectivity index (χ0v) is 8.11. The average Bonchev–Trinajstić information content (AvgIpc) is 1.50. The van der Waals surface area contributed by atoms with Crippen LogP contribution in [0.3, 0.4) is 0 Å². The molecule has 0 saturated heterocycles. The molecule has 36 valence electrons. The van der Waals surface area contributed by atoms with Crippen molar-refractivity contribution < 1.29 is 51.4 Å². The summed E-state index contributed by atoms with van der Waals surface area (Å²) in [5, 5.41) is 0. The topological polar surface area (TPSA) is 33.5 Å². The molecule has 1 nitrogen and oxygen atoms in total. The van der Waals surface area contributed by atoms with E-state index in [-0.39, 0.29) is 57.5 Å². The van der Waals surface area contributed by atoms with E-state index < -0.39 is 0 Å². The molecular formula is C4H12KN-2. The van der Waals surface area contributed by atoms with Crippen molar-refractivity contribution in [3.05, 3.63) is 20.0 Å². The van der Waals surface area contributed by atoms with E-state index in [2.05, 4.69) is 13.8 Å². The first kappa shape index (κ1) is 25.6. The number of hydrogen-bond donors (Lipinski definition) is 0. The van der Waals surface area contributed by atoms with Gasteiger partial charge in [0.2, 0.25) is 0 Å². The van der Waals surface area contributed by atoms with E-state index in [0.29, 0.717) is 0 Å². The largest absolute Gasteiger partial charge is 1.00 e. The van der Waals surface area contributed by atoms with Crippen molar-refractivity contribution >= 4 is 0 Å². The minimum atomic E-state index is 0. The molecule has 0 amide bonds. The number of rotatable bonds is 0. The first-order valence-corrected chi connectivity index (χ1v) is 1.41. The Labute approximate surface area is 83.9 Å². The van der Waals surface area contributed by atoms with Crippen molar-refractivity contribution in [3.63, 3.8) is 0 Å². The standard InChI is InChI=1S/2C2H5.K.H2N/c2*1-2;;/h2*1H2,2H3;;1H2/q2*-1;+1;-1. The summed E-state index contributed by atoms with van der Waals surface area (Å²) in [6.07, 6.45) is 0. The third-order valence-corrected chi connectivity index (χ3v) is 0. The summed E-state index contributed by atoms with van der Waals surface area (Å²) >= 11 is 0. The molecule has 0 fully saturated rings. The van der Waals surface area contributed by atoms with E-state index in [0.717, 1.165) is 0 Å². The maximum absolute atomic E-state index is 3.25. The van der Waals surface area contributed by atoms with E-state index in [9.17, 15) is 0 Å². The Morgan fingerprint density at radius 3 is 0.833 bits per heavy atom. The van der Waals surface area contributed by atoms with Crippen LogP contribution in [0.25, 0.3) is 6.15 Å². The molecule has 2 heteroatoms. The second kappa shape index (κ2) is 81.1. The molecule has 0 aliphatic rings. The van der Waals surface area contributed by atoms with Crippen molar-refractivity contribution in [2.45, 2.75) is 13.8 Å². The minimum absolute atomic E-state index is 0. The molecule has 0 saturated carbocycles. The molecule has 0 aromatic rings. The number of nitrogens with two attached hydrogens (primary N) is 1. The van der Waals surface area contributed by atoms with Gasteiger partial charge >= 0.3 is 51.4 Å².